The van der Waals surface area contributed by atoms with Crippen LogP contribution < -0.4 is 5.32 Å². The molecule has 0 saturated carbocycles. The van der Waals surface area contributed by atoms with Gasteiger partial charge in [0.25, 0.3) is 0 Å². The van der Waals surface area contributed by atoms with Crippen molar-refractivity contribution in [3.8, 4) is 0 Å². The van der Waals surface area contributed by atoms with Gasteiger partial charge < -0.3 is 14.9 Å². The first-order chi connectivity index (χ1) is 15.4. The molecule has 1 N–H and O–H groups in total. The van der Waals surface area contributed by atoms with E-state index in [0.29, 0.717) is 13.0 Å². The van der Waals surface area contributed by atoms with Gasteiger partial charge in [-0.1, -0.05) is 71.9 Å². The molecule has 5 nitrogen and oxygen atoms in total. The molecule has 3 rings (SSSR count). The molecule has 1 aliphatic rings. The first-order valence-corrected chi connectivity index (χ1v) is 11.4. The molecule has 5 heteroatoms. The van der Waals surface area contributed by atoms with Gasteiger partial charge in [-0.15, -0.1) is 0 Å². The van der Waals surface area contributed by atoms with Crippen LogP contribution in [0.15, 0.2) is 77.5 Å². The third kappa shape index (κ3) is 8.22. The smallest absolute Gasteiger partial charge is 0.407 e. The molecule has 1 aliphatic heterocycles. The number of ether oxygens (including phenoxy) is 1. The Labute approximate surface area is 191 Å². The minimum atomic E-state index is -0.499. The summed E-state index contributed by atoms with van der Waals surface area (Å²) >= 11 is 0. The highest BCUT2D eigenvalue weighted by Crippen LogP contribution is 2.22. The number of carbonyl (C=O) groups is 1. The van der Waals surface area contributed by atoms with Crippen LogP contribution in [0.2, 0.25) is 0 Å². The highest BCUT2D eigenvalue weighted by atomic mass is 16.6. The van der Waals surface area contributed by atoms with Crippen LogP contribution in [0.1, 0.15) is 51.2 Å². The number of hydrogen-bond donors (Lipinski definition) is 1. The Hall–Kier alpha value is -3.08. The van der Waals surface area contributed by atoms with Gasteiger partial charge in [-0.05, 0) is 56.7 Å². The molecule has 2 aromatic rings. The fourth-order valence-corrected chi connectivity index (χ4v) is 3.59. The molecule has 32 heavy (non-hydrogen) atoms. The van der Waals surface area contributed by atoms with Crippen LogP contribution in [0.25, 0.3) is 0 Å². The first kappa shape index (κ1) is 23.6. The quantitative estimate of drug-likeness (QED) is 0.539. The maximum atomic E-state index is 11.8. The third-order valence-electron chi connectivity index (χ3n) is 5.14. The number of aryl methyl sites for hydroxylation is 1. The Kier molecular flexibility index (Phi) is 8.48. The topological polar surface area (TPSA) is 59.9 Å². The number of rotatable bonds is 9. The number of hydrogen-bond acceptors (Lipinski definition) is 4. The summed E-state index contributed by atoms with van der Waals surface area (Å²) in [7, 11) is 0. The summed E-state index contributed by atoms with van der Waals surface area (Å²) in [4.78, 5) is 17.5. The molecule has 1 unspecified atom stereocenters. The summed E-state index contributed by atoms with van der Waals surface area (Å²) in [6.07, 6.45) is 6.08. The van der Waals surface area contributed by atoms with E-state index in [-0.39, 0.29) is 6.10 Å². The van der Waals surface area contributed by atoms with E-state index in [1.807, 2.05) is 32.9 Å². The Bertz CT molecular complexity index is 915. The Morgan fingerprint density at radius 3 is 2.41 bits per heavy atom. The lowest BCUT2D eigenvalue weighted by atomic mass is 9.95. The van der Waals surface area contributed by atoms with Crippen molar-refractivity contribution in [1.82, 2.24) is 5.32 Å². The summed E-state index contributed by atoms with van der Waals surface area (Å²) < 4.78 is 5.28. The largest absolute Gasteiger partial charge is 0.444 e. The minimum absolute atomic E-state index is 0.0340. The molecule has 170 valence electrons. The van der Waals surface area contributed by atoms with Crippen molar-refractivity contribution in [1.29, 1.82) is 0 Å². The van der Waals surface area contributed by atoms with Crippen LogP contribution in [0.3, 0.4) is 0 Å². The highest BCUT2D eigenvalue weighted by molar-refractivity contribution is 6.01. The van der Waals surface area contributed by atoms with E-state index < -0.39 is 11.7 Å². The van der Waals surface area contributed by atoms with E-state index in [4.69, 9.17) is 9.57 Å². The summed E-state index contributed by atoms with van der Waals surface area (Å²) in [6, 6.07) is 21.0. The Balaban J connectivity index is 1.55. The lowest BCUT2D eigenvalue weighted by Gasteiger charge is -2.19. The molecule has 2 aromatic carbocycles. The van der Waals surface area contributed by atoms with Crippen LogP contribution >= 0.6 is 0 Å². The van der Waals surface area contributed by atoms with E-state index in [1.54, 1.807) is 0 Å². The zero-order valence-electron chi connectivity index (χ0n) is 19.3. The van der Waals surface area contributed by atoms with E-state index in [0.717, 1.165) is 31.4 Å². The molecular formula is C27H34N2O3. The van der Waals surface area contributed by atoms with Gasteiger partial charge in [0.15, 0.2) is 0 Å². The van der Waals surface area contributed by atoms with Crippen molar-refractivity contribution in [2.24, 2.45) is 5.16 Å². The van der Waals surface area contributed by atoms with E-state index in [1.165, 1.54) is 16.7 Å². The summed E-state index contributed by atoms with van der Waals surface area (Å²) in [5.74, 6) is 0. The van der Waals surface area contributed by atoms with Gasteiger partial charge in [0.05, 0.1) is 5.71 Å². The first-order valence-electron chi connectivity index (χ1n) is 11.4. The van der Waals surface area contributed by atoms with Crippen LogP contribution in [0, 0.1) is 0 Å². The Morgan fingerprint density at radius 2 is 1.75 bits per heavy atom. The highest BCUT2D eigenvalue weighted by Gasteiger charge is 2.24. The number of amides is 1. The van der Waals surface area contributed by atoms with Gasteiger partial charge in [-0.25, -0.2) is 4.79 Å². The second-order valence-electron chi connectivity index (χ2n) is 9.10. The third-order valence-corrected chi connectivity index (χ3v) is 5.14. The number of oxime groups is 1. The summed E-state index contributed by atoms with van der Waals surface area (Å²) in [5.41, 5.74) is 4.31. The van der Waals surface area contributed by atoms with Gasteiger partial charge in [0.2, 0.25) is 0 Å². The van der Waals surface area contributed by atoms with Gasteiger partial charge in [0.1, 0.15) is 11.7 Å². The lowest BCUT2D eigenvalue weighted by molar-refractivity contribution is 0.0496. The molecule has 0 fully saturated rings. The number of nitrogens with zero attached hydrogens (tertiary/aromatic N) is 1. The second kappa shape index (κ2) is 11.5. The molecule has 0 saturated heterocycles. The molecule has 0 bridgehead atoms. The molecule has 1 amide bonds. The predicted molar refractivity (Wildman–Crippen MR) is 129 cm³/mol. The van der Waals surface area contributed by atoms with Crippen LogP contribution in [-0.4, -0.2) is 30.1 Å². The van der Waals surface area contributed by atoms with Gasteiger partial charge >= 0.3 is 6.09 Å². The van der Waals surface area contributed by atoms with Crippen LogP contribution in [-0.2, 0) is 22.4 Å². The van der Waals surface area contributed by atoms with E-state index >= 15 is 0 Å². The molecule has 0 aliphatic carbocycles. The molecule has 1 atom stereocenters. The maximum absolute atomic E-state index is 11.8. The van der Waals surface area contributed by atoms with Crippen molar-refractivity contribution in [3.05, 3.63) is 83.4 Å². The summed E-state index contributed by atoms with van der Waals surface area (Å²) in [6.45, 7) is 6.05. The average Bonchev–Trinajstić information content (AvgIpc) is 3.22. The normalized spacial score (nSPS) is 16.3. The lowest BCUT2D eigenvalue weighted by Crippen LogP contribution is -2.34. The number of allylic oxidation sites excluding steroid dienone is 2. The van der Waals surface area contributed by atoms with Crippen molar-refractivity contribution < 1.29 is 14.4 Å². The van der Waals surface area contributed by atoms with Crippen molar-refractivity contribution in [2.45, 2.75) is 64.6 Å². The van der Waals surface area contributed by atoms with Crippen molar-refractivity contribution in [3.63, 3.8) is 0 Å². The summed E-state index contributed by atoms with van der Waals surface area (Å²) in [5, 5.41) is 7.20. The second-order valence-corrected chi connectivity index (χ2v) is 9.10. The molecule has 1 heterocycles. The van der Waals surface area contributed by atoms with Gasteiger partial charge in [-0.3, -0.25) is 0 Å². The fraction of sp³-hybridized carbons (Fsp3) is 0.407. The zero-order chi connectivity index (χ0) is 22.8. The van der Waals surface area contributed by atoms with Gasteiger partial charge in [-0.2, -0.15) is 0 Å². The van der Waals surface area contributed by atoms with E-state index in [9.17, 15) is 4.79 Å². The predicted octanol–water partition coefficient (Wildman–Crippen LogP) is 5.85. The van der Waals surface area contributed by atoms with Gasteiger partial charge in [0, 0.05) is 19.4 Å². The average molecular weight is 435 g/mol. The van der Waals surface area contributed by atoms with Crippen LogP contribution in [0.5, 0.6) is 0 Å². The Morgan fingerprint density at radius 1 is 1.09 bits per heavy atom. The van der Waals surface area contributed by atoms with Crippen molar-refractivity contribution >= 4 is 11.8 Å². The zero-order valence-corrected chi connectivity index (χ0v) is 19.3. The number of alkyl carbamates (subject to hydrolysis) is 1. The molecule has 0 radical (unpaired) electrons. The SMILES string of the molecule is CC(C)(C)OC(=O)NCCC1CC(C(=CCCc2ccccc2)Cc2ccccc2)=NO1. The maximum Gasteiger partial charge on any atom is 0.407 e. The van der Waals surface area contributed by atoms with Crippen LogP contribution in [0.4, 0.5) is 4.79 Å². The van der Waals surface area contributed by atoms with Crippen molar-refractivity contribution in [2.75, 3.05) is 6.54 Å². The molecule has 0 spiro atoms. The fourth-order valence-electron chi connectivity index (χ4n) is 3.59. The number of carbonyl (C=O) groups excluding carboxylic acids is 1. The molecular weight excluding hydrogens is 400 g/mol. The minimum Gasteiger partial charge on any atom is -0.444 e. The standard InChI is InChI=1S/C27H34N2O3/c1-27(2,3)31-26(30)28-18-17-24-20-25(29-32-24)23(19-22-13-8-5-9-14-22)16-10-15-21-11-6-4-7-12-21/h4-9,11-14,16,24H,10,15,17-20H2,1-3H3,(H,28,30). The number of nitrogens with one attached hydrogen (secondary N) is 1. The van der Waals surface area contributed by atoms with E-state index in [2.05, 4.69) is 65.1 Å². The monoisotopic (exact) mass is 434 g/mol. The molecule has 0 aromatic heterocycles. The number of benzene rings is 2.